The monoisotopic (exact) mass is 374 g/mol. The van der Waals surface area contributed by atoms with Crippen LogP contribution in [0.2, 0.25) is 0 Å². The van der Waals surface area contributed by atoms with Crippen LogP contribution in [-0.2, 0) is 26.0 Å². The molecule has 1 unspecified atom stereocenters. The molecule has 1 N–H and O–H groups in total. The minimum Gasteiger partial charge on any atom is -0.376 e. The van der Waals surface area contributed by atoms with E-state index in [1.807, 2.05) is 37.3 Å². The Morgan fingerprint density at radius 2 is 1.96 bits per heavy atom. The molecule has 6 nitrogen and oxygen atoms in total. The number of rotatable bonds is 5. The molecule has 0 aromatic heterocycles. The van der Waals surface area contributed by atoms with E-state index in [0.717, 1.165) is 5.56 Å². The molecule has 1 fully saturated rings. The van der Waals surface area contributed by atoms with Crippen LogP contribution in [0.15, 0.2) is 59.5 Å². The zero-order valence-electron chi connectivity index (χ0n) is 14.6. The molecule has 0 radical (unpaired) electrons. The maximum atomic E-state index is 12.8. The predicted octanol–water partition coefficient (Wildman–Crippen LogP) is 2.28. The lowest BCUT2D eigenvalue weighted by atomic mass is 10.1. The van der Waals surface area contributed by atoms with Crippen LogP contribution in [0.5, 0.6) is 0 Å². The third kappa shape index (κ3) is 4.49. The maximum absolute atomic E-state index is 12.8. The lowest BCUT2D eigenvalue weighted by molar-refractivity contribution is -0.115. The molecule has 1 aliphatic heterocycles. The second-order valence-electron chi connectivity index (χ2n) is 6.28. The summed E-state index contributed by atoms with van der Waals surface area (Å²) in [6.45, 7) is 2.89. The average molecular weight is 374 g/mol. The van der Waals surface area contributed by atoms with E-state index in [9.17, 15) is 13.2 Å². The van der Waals surface area contributed by atoms with E-state index < -0.39 is 10.0 Å². The molecule has 0 saturated carbocycles. The minimum absolute atomic E-state index is 0.132. The highest BCUT2D eigenvalue weighted by Crippen LogP contribution is 2.22. The largest absolute Gasteiger partial charge is 0.376 e. The van der Waals surface area contributed by atoms with Gasteiger partial charge in [0.15, 0.2) is 0 Å². The fourth-order valence-electron chi connectivity index (χ4n) is 2.87. The highest BCUT2D eigenvalue weighted by molar-refractivity contribution is 7.89. The van der Waals surface area contributed by atoms with Gasteiger partial charge in [-0.05, 0) is 30.7 Å². The number of nitrogens with zero attached hydrogens (tertiary/aromatic N) is 1. The van der Waals surface area contributed by atoms with Gasteiger partial charge in [-0.15, -0.1) is 0 Å². The molecule has 0 spiro atoms. The average Bonchev–Trinajstić information content (AvgIpc) is 2.62. The summed E-state index contributed by atoms with van der Waals surface area (Å²) in [6, 6.07) is 15.8. The first-order chi connectivity index (χ1) is 12.4. The van der Waals surface area contributed by atoms with E-state index in [0.29, 0.717) is 25.4 Å². The maximum Gasteiger partial charge on any atom is 0.243 e. The van der Waals surface area contributed by atoms with Crippen molar-refractivity contribution in [2.75, 3.05) is 25.0 Å². The second-order valence-corrected chi connectivity index (χ2v) is 8.22. The smallest absolute Gasteiger partial charge is 0.243 e. The predicted molar refractivity (Wildman–Crippen MR) is 99.4 cm³/mol. The van der Waals surface area contributed by atoms with Crippen molar-refractivity contribution in [3.05, 3.63) is 60.2 Å². The van der Waals surface area contributed by atoms with E-state index in [1.165, 1.54) is 10.4 Å². The van der Waals surface area contributed by atoms with Gasteiger partial charge in [0, 0.05) is 18.8 Å². The Balaban J connectivity index is 1.72. The standard InChI is InChI=1S/C19H22N2O4S/c1-15-14-21(10-11-25-15)26(23,24)18-9-5-8-17(13-18)20-19(22)12-16-6-3-2-4-7-16/h2-9,13,15H,10-12,14H2,1H3,(H,20,22). The van der Waals surface area contributed by atoms with Gasteiger partial charge in [-0.1, -0.05) is 36.4 Å². The number of carbonyl (C=O) groups is 1. The molecular formula is C19H22N2O4S. The fraction of sp³-hybridized carbons (Fsp3) is 0.316. The molecule has 138 valence electrons. The summed E-state index contributed by atoms with van der Waals surface area (Å²) in [7, 11) is -3.61. The molecule has 2 aromatic carbocycles. The Morgan fingerprint density at radius 1 is 1.19 bits per heavy atom. The molecular weight excluding hydrogens is 352 g/mol. The van der Waals surface area contributed by atoms with Crippen LogP contribution in [0.4, 0.5) is 5.69 Å². The van der Waals surface area contributed by atoms with Crippen molar-refractivity contribution < 1.29 is 17.9 Å². The molecule has 1 amide bonds. The van der Waals surface area contributed by atoms with E-state index >= 15 is 0 Å². The van der Waals surface area contributed by atoms with Crippen molar-refractivity contribution >= 4 is 21.6 Å². The third-order valence-electron chi connectivity index (χ3n) is 4.17. The molecule has 7 heteroatoms. The van der Waals surface area contributed by atoms with Crippen LogP contribution < -0.4 is 5.32 Å². The van der Waals surface area contributed by atoms with Gasteiger partial charge in [-0.25, -0.2) is 8.42 Å². The molecule has 0 aliphatic carbocycles. The molecule has 1 saturated heterocycles. The van der Waals surface area contributed by atoms with Gasteiger partial charge in [0.05, 0.1) is 24.0 Å². The molecule has 26 heavy (non-hydrogen) atoms. The normalized spacial score (nSPS) is 18.4. The minimum atomic E-state index is -3.61. The number of hydrogen-bond donors (Lipinski definition) is 1. The molecule has 1 aliphatic rings. The van der Waals surface area contributed by atoms with Crippen LogP contribution in [-0.4, -0.2) is 44.4 Å². The second kappa shape index (κ2) is 7.99. The molecule has 2 aromatic rings. The van der Waals surface area contributed by atoms with Gasteiger partial charge < -0.3 is 10.1 Å². The van der Waals surface area contributed by atoms with Gasteiger partial charge in [-0.3, -0.25) is 4.79 Å². The molecule has 1 heterocycles. The lowest BCUT2D eigenvalue weighted by Gasteiger charge is -2.30. The van der Waals surface area contributed by atoms with Crippen LogP contribution in [0.25, 0.3) is 0 Å². The molecule has 0 bridgehead atoms. The van der Waals surface area contributed by atoms with Gasteiger partial charge in [0.2, 0.25) is 15.9 Å². The van der Waals surface area contributed by atoms with Gasteiger partial charge in [-0.2, -0.15) is 4.31 Å². The molecule has 1 atom stereocenters. The van der Waals surface area contributed by atoms with Crippen LogP contribution in [0.3, 0.4) is 0 Å². The zero-order valence-corrected chi connectivity index (χ0v) is 15.4. The summed E-state index contributed by atoms with van der Waals surface area (Å²) in [5, 5.41) is 2.77. The quantitative estimate of drug-likeness (QED) is 0.871. The first-order valence-corrected chi connectivity index (χ1v) is 9.95. The Morgan fingerprint density at radius 3 is 2.69 bits per heavy atom. The number of ether oxygens (including phenoxy) is 1. The Kier molecular flexibility index (Phi) is 5.70. The van der Waals surface area contributed by atoms with E-state index in [2.05, 4.69) is 5.32 Å². The summed E-state index contributed by atoms with van der Waals surface area (Å²) in [5.74, 6) is -0.189. The number of sulfonamides is 1. The van der Waals surface area contributed by atoms with Crippen molar-refractivity contribution in [3.63, 3.8) is 0 Å². The number of anilines is 1. The number of carbonyl (C=O) groups excluding carboxylic acids is 1. The van der Waals surface area contributed by atoms with Crippen LogP contribution >= 0.6 is 0 Å². The summed E-state index contributed by atoms with van der Waals surface area (Å²) >= 11 is 0. The summed E-state index contributed by atoms with van der Waals surface area (Å²) in [5.41, 5.74) is 1.37. The number of nitrogens with one attached hydrogen (secondary N) is 1. The Bertz CT molecular complexity index is 868. The first kappa shape index (κ1) is 18.6. The van der Waals surface area contributed by atoms with Crippen molar-refractivity contribution in [1.82, 2.24) is 4.31 Å². The third-order valence-corrected chi connectivity index (χ3v) is 6.03. The van der Waals surface area contributed by atoms with Crippen LogP contribution in [0.1, 0.15) is 12.5 Å². The van der Waals surface area contributed by atoms with Crippen molar-refractivity contribution in [2.24, 2.45) is 0 Å². The summed E-state index contributed by atoms with van der Waals surface area (Å²) in [6.07, 6.45) is 0.103. The van der Waals surface area contributed by atoms with Gasteiger partial charge in [0.25, 0.3) is 0 Å². The summed E-state index contributed by atoms with van der Waals surface area (Å²) < 4.78 is 32.5. The topological polar surface area (TPSA) is 75.7 Å². The first-order valence-electron chi connectivity index (χ1n) is 8.51. The Labute approximate surface area is 153 Å². The van der Waals surface area contributed by atoms with Crippen molar-refractivity contribution in [2.45, 2.75) is 24.3 Å². The van der Waals surface area contributed by atoms with Gasteiger partial charge >= 0.3 is 0 Å². The van der Waals surface area contributed by atoms with Crippen LogP contribution in [0, 0.1) is 0 Å². The summed E-state index contributed by atoms with van der Waals surface area (Å²) in [4.78, 5) is 12.4. The van der Waals surface area contributed by atoms with E-state index in [4.69, 9.17) is 4.74 Å². The SMILES string of the molecule is CC1CN(S(=O)(=O)c2cccc(NC(=O)Cc3ccccc3)c2)CCO1. The molecule has 3 rings (SSSR count). The van der Waals surface area contributed by atoms with Crippen molar-refractivity contribution in [3.8, 4) is 0 Å². The highest BCUT2D eigenvalue weighted by atomic mass is 32.2. The van der Waals surface area contributed by atoms with E-state index in [1.54, 1.807) is 18.2 Å². The zero-order chi connectivity index (χ0) is 18.6. The fourth-order valence-corrected chi connectivity index (χ4v) is 4.42. The Hall–Kier alpha value is -2.22. The number of amides is 1. The van der Waals surface area contributed by atoms with E-state index in [-0.39, 0.29) is 23.3 Å². The number of benzene rings is 2. The lowest BCUT2D eigenvalue weighted by Crippen LogP contribution is -2.44. The highest BCUT2D eigenvalue weighted by Gasteiger charge is 2.29. The number of hydrogen-bond acceptors (Lipinski definition) is 4. The van der Waals surface area contributed by atoms with Gasteiger partial charge in [0.1, 0.15) is 0 Å². The number of morpholine rings is 1. The van der Waals surface area contributed by atoms with Crippen molar-refractivity contribution in [1.29, 1.82) is 0 Å².